The fraction of sp³-hybridized carbons (Fsp3) is 0.357. The summed E-state index contributed by atoms with van der Waals surface area (Å²) in [5.41, 5.74) is 1.90. The van der Waals surface area contributed by atoms with Gasteiger partial charge in [-0.05, 0) is 31.0 Å². The van der Waals surface area contributed by atoms with Gasteiger partial charge in [-0.25, -0.2) is 9.37 Å². The average molecular weight is 247 g/mol. The van der Waals surface area contributed by atoms with Gasteiger partial charge in [0.05, 0.1) is 12.2 Å². The molecule has 0 atom stereocenters. The molecule has 4 heteroatoms. The zero-order valence-electron chi connectivity index (χ0n) is 10.8. The van der Waals surface area contributed by atoms with E-state index in [0.717, 1.165) is 30.2 Å². The van der Waals surface area contributed by atoms with E-state index in [-0.39, 0.29) is 5.82 Å². The first-order chi connectivity index (χ1) is 8.69. The van der Waals surface area contributed by atoms with Crippen LogP contribution in [0.2, 0.25) is 0 Å². The highest BCUT2D eigenvalue weighted by atomic mass is 19.1. The third-order valence-corrected chi connectivity index (χ3v) is 2.67. The van der Waals surface area contributed by atoms with Gasteiger partial charge in [0, 0.05) is 12.7 Å². The lowest BCUT2D eigenvalue weighted by Gasteiger charge is -2.09. The summed E-state index contributed by atoms with van der Waals surface area (Å²) < 4.78 is 15.2. The van der Waals surface area contributed by atoms with Gasteiger partial charge in [-0.15, -0.1) is 0 Å². The molecule has 0 aliphatic carbocycles. The van der Waals surface area contributed by atoms with Crippen LogP contribution in [0.5, 0.6) is 0 Å². The minimum atomic E-state index is -0.201. The van der Waals surface area contributed by atoms with E-state index < -0.39 is 0 Å². The molecule has 0 unspecified atom stereocenters. The molecule has 0 bridgehead atoms. The number of nitrogens with one attached hydrogen (secondary N) is 1. The molecule has 0 spiro atoms. The Bertz CT molecular complexity index is 520. The van der Waals surface area contributed by atoms with E-state index in [2.05, 4.69) is 17.2 Å². The molecule has 0 amide bonds. The maximum Gasteiger partial charge on any atom is 0.203 e. The molecule has 1 N–H and O–H groups in total. The molecule has 1 heterocycles. The quantitative estimate of drug-likeness (QED) is 0.879. The molecule has 0 saturated heterocycles. The van der Waals surface area contributed by atoms with Crippen molar-refractivity contribution < 1.29 is 4.39 Å². The third kappa shape index (κ3) is 3.09. The zero-order chi connectivity index (χ0) is 13.0. The van der Waals surface area contributed by atoms with E-state index in [9.17, 15) is 4.39 Å². The largest absolute Gasteiger partial charge is 0.356 e. The van der Waals surface area contributed by atoms with Crippen molar-refractivity contribution in [3.8, 4) is 0 Å². The Hall–Kier alpha value is -1.84. The molecule has 3 nitrogen and oxygen atoms in total. The number of aromatic nitrogens is 2. The van der Waals surface area contributed by atoms with Crippen LogP contribution in [0.15, 0.2) is 30.5 Å². The Kier molecular flexibility index (Phi) is 3.97. The summed E-state index contributed by atoms with van der Waals surface area (Å²) >= 11 is 0. The normalized spacial score (nSPS) is 10.6. The molecule has 2 aromatic rings. The minimum Gasteiger partial charge on any atom is -0.356 e. The van der Waals surface area contributed by atoms with Gasteiger partial charge in [0.15, 0.2) is 0 Å². The Morgan fingerprint density at radius 1 is 1.39 bits per heavy atom. The Morgan fingerprint density at radius 2 is 2.22 bits per heavy atom. The minimum absolute atomic E-state index is 0.201. The van der Waals surface area contributed by atoms with Crippen LogP contribution in [0, 0.1) is 12.7 Å². The van der Waals surface area contributed by atoms with Crippen LogP contribution in [0.4, 0.5) is 10.3 Å². The van der Waals surface area contributed by atoms with Crippen molar-refractivity contribution >= 4 is 5.95 Å². The predicted molar refractivity (Wildman–Crippen MR) is 71.2 cm³/mol. The smallest absolute Gasteiger partial charge is 0.203 e. The van der Waals surface area contributed by atoms with Gasteiger partial charge in [0.2, 0.25) is 5.95 Å². The van der Waals surface area contributed by atoms with Gasteiger partial charge >= 0.3 is 0 Å². The van der Waals surface area contributed by atoms with Crippen molar-refractivity contribution in [1.82, 2.24) is 9.55 Å². The number of hydrogen-bond acceptors (Lipinski definition) is 2. The van der Waals surface area contributed by atoms with Gasteiger partial charge in [-0.1, -0.05) is 19.1 Å². The van der Waals surface area contributed by atoms with E-state index in [0.29, 0.717) is 6.54 Å². The van der Waals surface area contributed by atoms with Crippen molar-refractivity contribution in [2.75, 3.05) is 11.9 Å². The predicted octanol–water partition coefficient (Wildman–Crippen LogP) is 3.20. The number of halogens is 1. The van der Waals surface area contributed by atoms with Crippen molar-refractivity contribution in [2.45, 2.75) is 26.8 Å². The maximum absolute atomic E-state index is 13.1. The highest BCUT2D eigenvalue weighted by molar-refractivity contribution is 5.30. The maximum atomic E-state index is 13.1. The Labute approximate surface area is 107 Å². The van der Waals surface area contributed by atoms with Crippen molar-refractivity contribution in [3.05, 3.63) is 47.5 Å². The summed E-state index contributed by atoms with van der Waals surface area (Å²) in [4.78, 5) is 4.42. The van der Waals surface area contributed by atoms with Crippen molar-refractivity contribution in [2.24, 2.45) is 0 Å². The standard InChI is InChI=1S/C14H18FN3/c1-3-7-16-14-17-11(2)9-18(14)10-12-5-4-6-13(15)8-12/h4-6,8-9H,3,7,10H2,1-2H3,(H,16,17). The van der Waals surface area contributed by atoms with E-state index in [1.807, 2.05) is 23.8 Å². The van der Waals surface area contributed by atoms with E-state index >= 15 is 0 Å². The van der Waals surface area contributed by atoms with Crippen LogP contribution >= 0.6 is 0 Å². The zero-order valence-corrected chi connectivity index (χ0v) is 10.8. The monoisotopic (exact) mass is 247 g/mol. The lowest BCUT2D eigenvalue weighted by atomic mass is 10.2. The average Bonchev–Trinajstić information content (AvgIpc) is 2.67. The highest BCUT2D eigenvalue weighted by Crippen LogP contribution is 2.13. The first kappa shape index (κ1) is 12.6. The number of imidazole rings is 1. The van der Waals surface area contributed by atoms with Crippen LogP contribution in [0.1, 0.15) is 24.6 Å². The number of rotatable bonds is 5. The summed E-state index contributed by atoms with van der Waals surface area (Å²) in [6.45, 7) is 5.59. The van der Waals surface area contributed by atoms with Crippen LogP contribution in [-0.2, 0) is 6.54 Å². The molecule has 0 radical (unpaired) electrons. The van der Waals surface area contributed by atoms with Gasteiger partial charge < -0.3 is 9.88 Å². The van der Waals surface area contributed by atoms with E-state index in [4.69, 9.17) is 0 Å². The first-order valence-electron chi connectivity index (χ1n) is 6.21. The van der Waals surface area contributed by atoms with Crippen LogP contribution in [0.3, 0.4) is 0 Å². The molecule has 0 fully saturated rings. The fourth-order valence-electron chi connectivity index (χ4n) is 1.88. The van der Waals surface area contributed by atoms with Gasteiger partial charge in [-0.3, -0.25) is 0 Å². The van der Waals surface area contributed by atoms with Crippen LogP contribution in [0.25, 0.3) is 0 Å². The molecule has 0 saturated carbocycles. The highest BCUT2D eigenvalue weighted by Gasteiger charge is 2.05. The number of nitrogens with zero attached hydrogens (tertiary/aromatic N) is 2. The molecule has 96 valence electrons. The molecule has 1 aromatic heterocycles. The second-order valence-corrected chi connectivity index (χ2v) is 4.39. The van der Waals surface area contributed by atoms with E-state index in [1.54, 1.807) is 12.1 Å². The summed E-state index contributed by atoms with van der Waals surface area (Å²) in [6.07, 6.45) is 3.02. The lowest BCUT2D eigenvalue weighted by Crippen LogP contribution is -2.08. The van der Waals surface area contributed by atoms with Crippen LogP contribution < -0.4 is 5.32 Å². The second kappa shape index (κ2) is 5.67. The molecule has 2 rings (SSSR count). The van der Waals surface area contributed by atoms with Crippen molar-refractivity contribution in [1.29, 1.82) is 0 Å². The molecular weight excluding hydrogens is 229 g/mol. The molecular formula is C14H18FN3. The van der Waals surface area contributed by atoms with Gasteiger partial charge in [0.25, 0.3) is 0 Å². The first-order valence-corrected chi connectivity index (χ1v) is 6.21. The molecule has 0 aliphatic heterocycles. The lowest BCUT2D eigenvalue weighted by molar-refractivity contribution is 0.623. The van der Waals surface area contributed by atoms with Gasteiger partial charge in [0.1, 0.15) is 5.82 Å². The Balaban J connectivity index is 2.17. The molecule has 18 heavy (non-hydrogen) atoms. The number of benzene rings is 1. The molecule has 0 aliphatic rings. The molecule has 1 aromatic carbocycles. The van der Waals surface area contributed by atoms with Crippen molar-refractivity contribution in [3.63, 3.8) is 0 Å². The van der Waals surface area contributed by atoms with E-state index in [1.165, 1.54) is 6.07 Å². The number of anilines is 1. The second-order valence-electron chi connectivity index (χ2n) is 4.39. The van der Waals surface area contributed by atoms with Crippen LogP contribution in [-0.4, -0.2) is 16.1 Å². The summed E-state index contributed by atoms with van der Waals surface area (Å²) in [6, 6.07) is 6.66. The SMILES string of the molecule is CCCNc1nc(C)cn1Cc1cccc(F)c1. The third-order valence-electron chi connectivity index (χ3n) is 2.67. The summed E-state index contributed by atoms with van der Waals surface area (Å²) in [5, 5.41) is 3.28. The summed E-state index contributed by atoms with van der Waals surface area (Å²) in [5.74, 6) is 0.644. The Morgan fingerprint density at radius 3 is 2.94 bits per heavy atom. The summed E-state index contributed by atoms with van der Waals surface area (Å²) in [7, 11) is 0. The fourth-order valence-corrected chi connectivity index (χ4v) is 1.88. The number of hydrogen-bond donors (Lipinski definition) is 1. The number of aryl methyl sites for hydroxylation is 1. The topological polar surface area (TPSA) is 29.9 Å². The van der Waals surface area contributed by atoms with Gasteiger partial charge in [-0.2, -0.15) is 0 Å².